The maximum absolute atomic E-state index is 13.7. The molecule has 2 amide bonds. The fraction of sp³-hybridized carbons (Fsp3) is 0.462. The summed E-state index contributed by atoms with van der Waals surface area (Å²) in [5.41, 5.74) is 1.35. The van der Waals surface area contributed by atoms with E-state index >= 15 is 0 Å². The lowest BCUT2D eigenvalue weighted by molar-refractivity contribution is -0.141. The lowest BCUT2D eigenvalue weighted by Gasteiger charge is -2.32. The molecule has 7 nitrogen and oxygen atoms in total. The van der Waals surface area contributed by atoms with Crippen molar-refractivity contribution in [3.05, 3.63) is 65.2 Å². The first-order valence-corrected chi connectivity index (χ1v) is 13.5. The molecule has 0 aromatic heterocycles. The zero-order chi connectivity index (χ0) is 27.3. The molecule has 0 radical (unpaired) electrons. The topological polar surface area (TPSA) is 86.8 Å². The van der Waals surface area contributed by atoms with Crippen molar-refractivity contribution in [2.45, 2.75) is 65.6 Å². The van der Waals surface area contributed by atoms with Crippen molar-refractivity contribution >= 4 is 27.5 Å². The number of carbonyl (C=O) groups excluding carboxylic acids is 2. The largest absolute Gasteiger partial charge is 0.350 e. The quantitative estimate of drug-likeness (QED) is 0.507. The summed E-state index contributed by atoms with van der Waals surface area (Å²) in [6.07, 6.45) is 1.02. The van der Waals surface area contributed by atoms with E-state index in [1.54, 1.807) is 6.92 Å². The molecule has 0 aliphatic carbocycles. The van der Waals surface area contributed by atoms with Gasteiger partial charge >= 0.3 is 0 Å². The van der Waals surface area contributed by atoms with Crippen molar-refractivity contribution in [1.82, 2.24) is 10.2 Å². The third kappa shape index (κ3) is 8.29. The van der Waals surface area contributed by atoms with Gasteiger partial charge in [0.15, 0.2) is 11.6 Å². The highest BCUT2D eigenvalue weighted by molar-refractivity contribution is 7.92. The van der Waals surface area contributed by atoms with Crippen molar-refractivity contribution in [3.63, 3.8) is 0 Å². The highest BCUT2D eigenvalue weighted by Crippen LogP contribution is 2.22. The van der Waals surface area contributed by atoms with E-state index in [2.05, 4.69) is 5.32 Å². The van der Waals surface area contributed by atoms with Gasteiger partial charge in [0.05, 0.1) is 11.9 Å². The predicted octanol–water partition coefficient (Wildman–Crippen LogP) is 4.15. The summed E-state index contributed by atoms with van der Waals surface area (Å²) >= 11 is 0. The maximum Gasteiger partial charge on any atom is 0.242 e. The number of anilines is 1. The number of carbonyl (C=O) groups is 2. The van der Waals surface area contributed by atoms with Gasteiger partial charge < -0.3 is 10.2 Å². The molecule has 10 heteroatoms. The third-order valence-corrected chi connectivity index (χ3v) is 6.80. The first-order valence-electron chi connectivity index (χ1n) is 11.7. The molecule has 0 saturated carbocycles. The molecular weight excluding hydrogens is 488 g/mol. The summed E-state index contributed by atoms with van der Waals surface area (Å²) in [6.45, 7) is 9.22. The SMILES string of the molecule is Cc1ccccc1CN(C(=O)CCCN(c1ccc(F)c(F)c1)S(C)(=O)=O)[C@@H](C)C(=O)NC(C)(C)C. The molecule has 198 valence electrons. The van der Waals surface area contributed by atoms with Crippen LogP contribution in [-0.4, -0.2) is 49.5 Å². The number of rotatable bonds is 10. The van der Waals surface area contributed by atoms with E-state index in [9.17, 15) is 26.8 Å². The third-order valence-electron chi connectivity index (χ3n) is 5.61. The van der Waals surface area contributed by atoms with Crippen molar-refractivity contribution in [3.8, 4) is 0 Å². The van der Waals surface area contributed by atoms with Gasteiger partial charge in [-0.05, 0) is 64.3 Å². The summed E-state index contributed by atoms with van der Waals surface area (Å²) in [6, 6.07) is 9.62. The molecule has 0 bridgehead atoms. The van der Waals surface area contributed by atoms with Gasteiger partial charge in [-0.15, -0.1) is 0 Å². The predicted molar refractivity (Wildman–Crippen MR) is 137 cm³/mol. The van der Waals surface area contributed by atoms with Gasteiger partial charge in [0, 0.05) is 31.1 Å². The van der Waals surface area contributed by atoms with Crippen LogP contribution in [0, 0.1) is 18.6 Å². The molecule has 0 saturated heterocycles. The first-order chi connectivity index (χ1) is 16.6. The Balaban J connectivity index is 2.22. The molecule has 2 aromatic carbocycles. The lowest BCUT2D eigenvalue weighted by Crippen LogP contribution is -2.52. The number of amides is 2. The second-order valence-corrected chi connectivity index (χ2v) is 11.8. The second kappa shape index (κ2) is 11.8. The van der Waals surface area contributed by atoms with E-state index in [4.69, 9.17) is 0 Å². The maximum atomic E-state index is 13.7. The standard InChI is InChI=1S/C26H35F2N3O4S/c1-18-10-7-8-11-20(18)17-30(19(2)25(33)29-26(3,4)5)24(32)12-9-15-31(36(6,34)35)21-13-14-22(27)23(28)16-21/h7-8,10-11,13-14,16,19H,9,12,15,17H2,1-6H3,(H,29,33)/t19-/m0/s1. The van der Waals surface area contributed by atoms with Crippen LogP contribution in [0.15, 0.2) is 42.5 Å². The van der Waals surface area contributed by atoms with Crippen LogP contribution >= 0.6 is 0 Å². The van der Waals surface area contributed by atoms with E-state index < -0.39 is 33.2 Å². The van der Waals surface area contributed by atoms with Crippen LogP contribution < -0.4 is 9.62 Å². The van der Waals surface area contributed by atoms with Gasteiger partial charge in [0.2, 0.25) is 21.8 Å². The van der Waals surface area contributed by atoms with E-state index in [0.717, 1.165) is 33.8 Å². The summed E-state index contributed by atoms with van der Waals surface area (Å²) in [4.78, 5) is 27.7. The van der Waals surface area contributed by atoms with Gasteiger partial charge in [0.25, 0.3) is 0 Å². The molecule has 0 fully saturated rings. The number of hydrogen-bond donors (Lipinski definition) is 1. The molecule has 1 atom stereocenters. The van der Waals surface area contributed by atoms with E-state index in [0.29, 0.717) is 0 Å². The van der Waals surface area contributed by atoms with Gasteiger partial charge in [0.1, 0.15) is 6.04 Å². The summed E-state index contributed by atoms with van der Waals surface area (Å²) < 4.78 is 52.6. The monoisotopic (exact) mass is 523 g/mol. The Hall–Kier alpha value is -3.01. The molecule has 0 aliphatic heterocycles. The number of sulfonamides is 1. The normalized spacial score (nSPS) is 12.7. The Morgan fingerprint density at radius 1 is 1.06 bits per heavy atom. The lowest BCUT2D eigenvalue weighted by atomic mass is 10.1. The fourth-order valence-electron chi connectivity index (χ4n) is 3.67. The van der Waals surface area contributed by atoms with Crippen molar-refractivity contribution < 1.29 is 26.8 Å². The van der Waals surface area contributed by atoms with Crippen LogP contribution in [0.4, 0.5) is 14.5 Å². The smallest absolute Gasteiger partial charge is 0.242 e. The fourth-order valence-corrected chi connectivity index (χ4v) is 4.63. The Kier molecular flexibility index (Phi) is 9.59. The first kappa shape index (κ1) is 29.2. The average Bonchev–Trinajstić information content (AvgIpc) is 2.75. The average molecular weight is 524 g/mol. The van der Waals surface area contributed by atoms with E-state index in [1.807, 2.05) is 52.0 Å². The Morgan fingerprint density at radius 3 is 2.25 bits per heavy atom. The summed E-state index contributed by atoms with van der Waals surface area (Å²) in [7, 11) is -3.81. The van der Waals surface area contributed by atoms with Crippen LogP contribution in [0.25, 0.3) is 0 Å². The van der Waals surface area contributed by atoms with Crippen molar-refractivity contribution in [2.24, 2.45) is 0 Å². The molecule has 0 aliphatic rings. The zero-order valence-corrected chi connectivity index (χ0v) is 22.5. The van der Waals surface area contributed by atoms with E-state index in [1.165, 1.54) is 11.0 Å². The van der Waals surface area contributed by atoms with Gasteiger partial charge in [-0.2, -0.15) is 0 Å². The molecular formula is C26H35F2N3O4S. The molecule has 36 heavy (non-hydrogen) atoms. The van der Waals surface area contributed by atoms with Crippen LogP contribution in [0.2, 0.25) is 0 Å². The number of nitrogens with one attached hydrogen (secondary N) is 1. The van der Waals surface area contributed by atoms with Crippen molar-refractivity contribution in [1.29, 1.82) is 0 Å². The summed E-state index contributed by atoms with van der Waals surface area (Å²) in [5, 5.41) is 2.89. The molecule has 2 aromatic rings. The molecule has 1 N–H and O–H groups in total. The van der Waals surface area contributed by atoms with Crippen LogP contribution in [0.3, 0.4) is 0 Å². The Morgan fingerprint density at radius 2 is 1.69 bits per heavy atom. The summed E-state index contributed by atoms with van der Waals surface area (Å²) in [5.74, 6) is -2.88. The Bertz CT molecular complexity index is 1200. The van der Waals surface area contributed by atoms with Crippen LogP contribution in [0.1, 0.15) is 51.7 Å². The van der Waals surface area contributed by atoms with Gasteiger partial charge in [-0.3, -0.25) is 13.9 Å². The molecule has 2 rings (SSSR count). The number of benzene rings is 2. The van der Waals surface area contributed by atoms with Gasteiger partial charge in [-0.25, -0.2) is 17.2 Å². The molecule has 0 heterocycles. The number of nitrogens with zero attached hydrogens (tertiary/aromatic N) is 2. The van der Waals surface area contributed by atoms with Crippen LogP contribution in [0.5, 0.6) is 0 Å². The number of hydrogen-bond acceptors (Lipinski definition) is 4. The second-order valence-electron chi connectivity index (χ2n) is 9.90. The minimum atomic E-state index is -3.81. The number of aryl methyl sites for hydroxylation is 1. The van der Waals surface area contributed by atoms with Gasteiger partial charge in [-0.1, -0.05) is 24.3 Å². The molecule has 0 unspecified atom stereocenters. The number of halogens is 2. The van der Waals surface area contributed by atoms with Crippen molar-refractivity contribution in [2.75, 3.05) is 17.1 Å². The highest BCUT2D eigenvalue weighted by atomic mass is 32.2. The Labute approximate surface area is 212 Å². The minimum absolute atomic E-state index is 0.0291. The molecule has 0 spiro atoms. The zero-order valence-electron chi connectivity index (χ0n) is 21.6. The van der Waals surface area contributed by atoms with Crippen LogP contribution in [-0.2, 0) is 26.2 Å². The van der Waals surface area contributed by atoms with E-state index in [-0.39, 0.29) is 43.4 Å². The minimum Gasteiger partial charge on any atom is -0.350 e. The highest BCUT2D eigenvalue weighted by Gasteiger charge is 2.29.